The third-order valence-corrected chi connectivity index (χ3v) is 5.92. The number of ether oxygens (including phenoxy) is 1. The molecule has 2 atom stereocenters. The summed E-state index contributed by atoms with van der Waals surface area (Å²) in [5.41, 5.74) is 9.35. The maximum Gasteiger partial charge on any atom is 0.137 e. The molecule has 0 bridgehead atoms. The van der Waals surface area contributed by atoms with Crippen LogP contribution in [0.5, 0.6) is 0 Å². The number of furan rings is 1. The molecule has 2 N–H and O–H groups in total. The number of nitrogens with zero attached hydrogens (tertiary/aromatic N) is 2. The van der Waals surface area contributed by atoms with Crippen molar-refractivity contribution in [1.82, 2.24) is 9.88 Å². The zero-order valence-electron chi connectivity index (χ0n) is 16.5. The molecule has 0 radical (unpaired) electrons. The van der Waals surface area contributed by atoms with E-state index in [4.69, 9.17) is 14.9 Å². The van der Waals surface area contributed by atoms with Crippen molar-refractivity contribution in [2.45, 2.75) is 25.1 Å². The molecule has 2 aromatic heterocycles. The van der Waals surface area contributed by atoms with E-state index in [9.17, 15) is 0 Å². The van der Waals surface area contributed by atoms with Crippen molar-refractivity contribution in [3.63, 3.8) is 0 Å². The second kappa shape index (κ2) is 7.59. The van der Waals surface area contributed by atoms with Crippen LogP contribution in [0, 0.1) is 0 Å². The van der Waals surface area contributed by atoms with Gasteiger partial charge >= 0.3 is 0 Å². The molecule has 5 heteroatoms. The molecule has 29 heavy (non-hydrogen) atoms. The first kappa shape index (κ1) is 18.3. The van der Waals surface area contributed by atoms with Crippen LogP contribution in [0.4, 0.5) is 0 Å². The first-order valence-electron chi connectivity index (χ1n) is 10.1. The summed E-state index contributed by atoms with van der Waals surface area (Å²) in [6, 6.07) is 16.9. The fourth-order valence-corrected chi connectivity index (χ4v) is 4.27. The first-order chi connectivity index (χ1) is 14.2. The van der Waals surface area contributed by atoms with Crippen molar-refractivity contribution in [2.75, 3.05) is 20.2 Å². The lowest BCUT2D eigenvalue weighted by Crippen LogP contribution is -2.51. The highest BCUT2D eigenvalue weighted by molar-refractivity contribution is 5.97. The molecule has 5 nitrogen and oxygen atoms in total. The van der Waals surface area contributed by atoms with E-state index < -0.39 is 0 Å². The van der Waals surface area contributed by atoms with Crippen LogP contribution in [0.3, 0.4) is 0 Å². The molecule has 4 aromatic rings. The summed E-state index contributed by atoms with van der Waals surface area (Å²) in [7, 11) is 1.75. The number of methoxy groups -OCH3 is 1. The smallest absolute Gasteiger partial charge is 0.137 e. The van der Waals surface area contributed by atoms with Gasteiger partial charge in [0.05, 0.1) is 6.10 Å². The molecule has 5 rings (SSSR count). The van der Waals surface area contributed by atoms with Gasteiger partial charge in [0.25, 0.3) is 0 Å². The largest absolute Gasteiger partial charge is 0.456 e. The number of nitrogens with two attached hydrogens (primary N) is 1. The van der Waals surface area contributed by atoms with Crippen molar-refractivity contribution in [3.8, 4) is 11.3 Å². The molecule has 148 valence electrons. The Morgan fingerprint density at radius 2 is 2.03 bits per heavy atom. The van der Waals surface area contributed by atoms with Gasteiger partial charge in [-0.25, -0.2) is 0 Å². The van der Waals surface area contributed by atoms with Gasteiger partial charge < -0.3 is 14.9 Å². The summed E-state index contributed by atoms with van der Waals surface area (Å²) < 4.78 is 11.7. The maximum absolute atomic E-state index is 6.17. The van der Waals surface area contributed by atoms with Crippen molar-refractivity contribution in [2.24, 2.45) is 5.73 Å². The Morgan fingerprint density at radius 3 is 2.90 bits per heavy atom. The number of pyridine rings is 1. The van der Waals surface area contributed by atoms with Crippen LogP contribution in [0.1, 0.15) is 12.0 Å². The Morgan fingerprint density at radius 1 is 1.14 bits per heavy atom. The minimum atomic E-state index is 0.0968. The number of aromatic nitrogens is 1. The molecule has 0 unspecified atom stereocenters. The van der Waals surface area contributed by atoms with Crippen LogP contribution >= 0.6 is 0 Å². The van der Waals surface area contributed by atoms with Crippen molar-refractivity contribution < 1.29 is 9.15 Å². The lowest BCUT2D eigenvalue weighted by molar-refractivity contribution is 0.0140. The number of rotatable bonds is 4. The minimum Gasteiger partial charge on any atom is -0.456 e. The van der Waals surface area contributed by atoms with E-state index in [0.717, 1.165) is 59.1 Å². The monoisotopic (exact) mass is 387 g/mol. The van der Waals surface area contributed by atoms with Gasteiger partial charge in [-0.15, -0.1) is 0 Å². The fraction of sp³-hybridized carbons (Fsp3) is 0.292. The van der Waals surface area contributed by atoms with Crippen LogP contribution < -0.4 is 5.73 Å². The Bertz CT molecular complexity index is 1120. The number of para-hydroxylation sites is 1. The van der Waals surface area contributed by atoms with Gasteiger partial charge in [0, 0.05) is 61.5 Å². The van der Waals surface area contributed by atoms with Gasteiger partial charge in [0.2, 0.25) is 0 Å². The van der Waals surface area contributed by atoms with Gasteiger partial charge in [0.15, 0.2) is 0 Å². The predicted molar refractivity (Wildman–Crippen MR) is 116 cm³/mol. The van der Waals surface area contributed by atoms with E-state index in [1.54, 1.807) is 7.11 Å². The fourth-order valence-electron chi connectivity index (χ4n) is 4.27. The summed E-state index contributed by atoms with van der Waals surface area (Å²) in [6.07, 6.45) is 4.86. The molecular formula is C24H25N3O2. The van der Waals surface area contributed by atoms with Gasteiger partial charge in [-0.1, -0.05) is 30.3 Å². The SMILES string of the molecule is CO[C@H]1CN(Cc2ccc3cncc(-c4cc5ccccc5o4)c3c2)CC[C@H]1N. The minimum absolute atomic E-state index is 0.0968. The van der Waals surface area contributed by atoms with E-state index in [1.165, 1.54) is 5.56 Å². The van der Waals surface area contributed by atoms with Crippen molar-refractivity contribution in [3.05, 3.63) is 66.5 Å². The van der Waals surface area contributed by atoms with E-state index in [0.29, 0.717) is 0 Å². The lowest BCUT2D eigenvalue weighted by atomic mass is 10.00. The standard InChI is InChI=1S/C24H25N3O2/c1-28-24-15-27(9-8-21(24)25)14-16-6-7-18-12-26-13-20(19(18)10-16)23-11-17-4-2-3-5-22(17)29-23/h2-7,10-13,21,24H,8-9,14-15,25H2,1H3/t21-,24+/m1/s1. The molecular weight excluding hydrogens is 362 g/mol. The van der Waals surface area contributed by atoms with Crippen LogP contribution in [0.15, 0.2) is 65.3 Å². The Kier molecular flexibility index (Phi) is 4.79. The highest BCUT2D eigenvalue weighted by Gasteiger charge is 2.26. The number of hydrogen-bond acceptors (Lipinski definition) is 5. The number of benzene rings is 2. The van der Waals surface area contributed by atoms with Gasteiger partial charge in [0.1, 0.15) is 11.3 Å². The second-order valence-corrected chi connectivity index (χ2v) is 7.85. The molecule has 0 saturated carbocycles. The zero-order valence-corrected chi connectivity index (χ0v) is 16.5. The average Bonchev–Trinajstić information content (AvgIpc) is 3.18. The van der Waals surface area contributed by atoms with E-state index in [-0.39, 0.29) is 12.1 Å². The van der Waals surface area contributed by atoms with Crippen LogP contribution in [-0.4, -0.2) is 42.2 Å². The van der Waals surface area contributed by atoms with Crippen molar-refractivity contribution >= 4 is 21.7 Å². The second-order valence-electron chi connectivity index (χ2n) is 7.85. The number of likely N-dealkylation sites (tertiary alicyclic amines) is 1. The highest BCUT2D eigenvalue weighted by atomic mass is 16.5. The Balaban J connectivity index is 1.49. The normalized spacial score (nSPS) is 20.5. The average molecular weight is 387 g/mol. The molecule has 0 aliphatic carbocycles. The lowest BCUT2D eigenvalue weighted by Gasteiger charge is -2.36. The quantitative estimate of drug-likeness (QED) is 0.569. The maximum atomic E-state index is 6.17. The molecule has 1 saturated heterocycles. The number of fused-ring (bicyclic) bond motifs is 2. The number of piperidine rings is 1. The van der Waals surface area contributed by atoms with E-state index in [1.807, 2.05) is 30.6 Å². The van der Waals surface area contributed by atoms with Gasteiger partial charge in [-0.05, 0) is 35.6 Å². The third kappa shape index (κ3) is 3.53. The molecule has 0 spiro atoms. The van der Waals surface area contributed by atoms with Gasteiger partial charge in [-0.2, -0.15) is 0 Å². The molecule has 1 fully saturated rings. The third-order valence-electron chi connectivity index (χ3n) is 5.92. The summed E-state index contributed by atoms with van der Waals surface area (Å²) in [6.45, 7) is 2.73. The summed E-state index contributed by atoms with van der Waals surface area (Å²) in [5.74, 6) is 0.852. The van der Waals surface area contributed by atoms with Crippen LogP contribution in [0.2, 0.25) is 0 Å². The Labute approximate surface area is 170 Å². The van der Waals surface area contributed by atoms with E-state index >= 15 is 0 Å². The van der Waals surface area contributed by atoms with Crippen molar-refractivity contribution in [1.29, 1.82) is 0 Å². The predicted octanol–water partition coefficient (Wildman–Crippen LogP) is 4.20. The Hall–Kier alpha value is -2.73. The summed E-state index contributed by atoms with van der Waals surface area (Å²) in [4.78, 5) is 6.85. The summed E-state index contributed by atoms with van der Waals surface area (Å²) in [5, 5.41) is 3.38. The van der Waals surface area contributed by atoms with Gasteiger partial charge in [-0.3, -0.25) is 9.88 Å². The molecule has 1 aliphatic rings. The van der Waals surface area contributed by atoms with Crippen LogP contribution in [0.25, 0.3) is 33.1 Å². The van der Waals surface area contributed by atoms with Crippen LogP contribution in [-0.2, 0) is 11.3 Å². The zero-order chi connectivity index (χ0) is 19.8. The summed E-state index contributed by atoms with van der Waals surface area (Å²) >= 11 is 0. The first-order valence-corrected chi connectivity index (χ1v) is 10.1. The topological polar surface area (TPSA) is 64.5 Å². The highest BCUT2D eigenvalue weighted by Crippen LogP contribution is 2.33. The molecule has 2 aromatic carbocycles. The number of hydrogen-bond donors (Lipinski definition) is 1. The van der Waals surface area contributed by atoms with E-state index in [2.05, 4.69) is 40.2 Å². The molecule has 3 heterocycles. The molecule has 0 amide bonds. The molecule has 1 aliphatic heterocycles.